The first-order valence-corrected chi connectivity index (χ1v) is 7.46. The van der Waals surface area contributed by atoms with Gasteiger partial charge in [0.2, 0.25) is 0 Å². The molecule has 1 heterocycles. The molecule has 114 valence electrons. The molecule has 1 N–H and O–H groups in total. The third-order valence-electron chi connectivity index (χ3n) is 2.78. The Labute approximate surface area is 127 Å². The Morgan fingerprint density at radius 1 is 1.24 bits per heavy atom. The van der Waals surface area contributed by atoms with Crippen LogP contribution in [0.2, 0.25) is 0 Å². The van der Waals surface area contributed by atoms with Crippen molar-refractivity contribution in [1.82, 2.24) is 15.1 Å². The fraction of sp³-hybridized carbons (Fsp3) is 0.400. The highest BCUT2D eigenvalue weighted by atomic mass is 32.2. The van der Waals surface area contributed by atoms with Crippen LogP contribution in [0.25, 0.3) is 0 Å². The minimum atomic E-state index is -0.547. The molecule has 1 aromatic heterocycles. The Morgan fingerprint density at radius 2 is 1.86 bits per heavy atom. The van der Waals surface area contributed by atoms with Crippen LogP contribution in [-0.4, -0.2) is 15.3 Å². The first-order valence-electron chi connectivity index (χ1n) is 6.64. The van der Waals surface area contributed by atoms with Crippen LogP contribution in [0.5, 0.6) is 0 Å². The van der Waals surface area contributed by atoms with Crippen molar-refractivity contribution in [3.05, 3.63) is 41.7 Å². The molecule has 0 fully saturated rings. The number of nitrogens with one attached hydrogen (secondary N) is 1. The second-order valence-electron chi connectivity index (χ2n) is 5.94. The average Bonchev–Trinajstić information content (AvgIpc) is 2.76. The molecule has 3 nitrogen and oxygen atoms in total. The second-order valence-corrected chi connectivity index (χ2v) is 7.03. The van der Waals surface area contributed by atoms with E-state index in [1.54, 1.807) is 24.1 Å². The molecule has 0 radical (unpaired) electrons. The van der Waals surface area contributed by atoms with Gasteiger partial charge in [0.15, 0.2) is 0 Å². The predicted octanol–water partition coefficient (Wildman–Crippen LogP) is 3.74. The number of halogens is 2. The van der Waals surface area contributed by atoms with Crippen LogP contribution in [0, 0.1) is 11.6 Å². The summed E-state index contributed by atoms with van der Waals surface area (Å²) in [6.07, 6.45) is 3.30. The Balaban J connectivity index is 2.17. The highest BCUT2D eigenvalue weighted by Crippen LogP contribution is 2.32. The van der Waals surface area contributed by atoms with E-state index in [0.29, 0.717) is 17.0 Å². The summed E-state index contributed by atoms with van der Waals surface area (Å²) >= 11 is 1.04. The lowest BCUT2D eigenvalue weighted by Gasteiger charge is -2.20. The fourth-order valence-electron chi connectivity index (χ4n) is 1.75. The SMILES string of the molecule is Cn1cc(Sc2c(F)cc(CNC(C)(C)C)cc2F)cn1. The van der Waals surface area contributed by atoms with Crippen molar-refractivity contribution in [3.8, 4) is 0 Å². The number of hydrogen-bond donors (Lipinski definition) is 1. The van der Waals surface area contributed by atoms with Gasteiger partial charge in [-0.05, 0) is 38.5 Å². The molecule has 0 spiro atoms. The van der Waals surface area contributed by atoms with E-state index in [0.717, 1.165) is 11.8 Å². The van der Waals surface area contributed by atoms with Crippen LogP contribution in [0.4, 0.5) is 8.78 Å². The highest BCUT2D eigenvalue weighted by molar-refractivity contribution is 7.99. The van der Waals surface area contributed by atoms with Crippen molar-refractivity contribution in [2.24, 2.45) is 7.05 Å². The first-order chi connectivity index (χ1) is 9.74. The quantitative estimate of drug-likeness (QED) is 0.933. The van der Waals surface area contributed by atoms with E-state index in [4.69, 9.17) is 0 Å². The summed E-state index contributed by atoms with van der Waals surface area (Å²) in [6.45, 7) is 6.44. The molecular weight excluding hydrogens is 292 g/mol. The molecule has 0 bridgehead atoms. The molecule has 0 saturated heterocycles. The molecule has 2 aromatic rings. The minimum Gasteiger partial charge on any atom is -0.308 e. The normalized spacial score (nSPS) is 11.9. The lowest BCUT2D eigenvalue weighted by Crippen LogP contribution is -2.35. The van der Waals surface area contributed by atoms with Gasteiger partial charge in [0.1, 0.15) is 11.6 Å². The zero-order valence-corrected chi connectivity index (χ0v) is 13.4. The molecule has 2 rings (SSSR count). The number of hydrogen-bond acceptors (Lipinski definition) is 3. The van der Waals surface area contributed by atoms with E-state index in [9.17, 15) is 8.78 Å². The Bertz CT molecular complexity index is 609. The second kappa shape index (κ2) is 6.15. The number of rotatable bonds is 4. The third kappa shape index (κ3) is 4.54. The van der Waals surface area contributed by atoms with E-state index >= 15 is 0 Å². The van der Waals surface area contributed by atoms with Crippen LogP contribution in [0.1, 0.15) is 26.3 Å². The van der Waals surface area contributed by atoms with Gasteiger partial charge in [0, 0.05) is 25.3 Å². The third-order valence-corrected chi connectivity index (χ3v) is 3.82. The lowest BCUT2D eigenvalue weighted by atomic mass is 10.1. The summed E-state index contributed by atoms with van der Waals surface area (Å²) in [7, 11) is 1.76. The van der Waals surface area contributed by atoms with E-state index in [1.807, 2.05) is 20.8 Å². The summed E-state index contributed by atoms with van der Waals surface area (Å²) in [5, 5.41) is 7.20. The molecule has 1 aromatic carbocycles. The van der Waals surface area contributed by atoms with Crippen molar-refractivity contribution in [1.29, 1.82) is 0 Å². The van der Waals surface area contributed by atoms with E-state index in [1.165, 1.54) is 12.1 Å². The standard InChI is InChI=1S/C15H19F2N3S/c1-15(2,3)18-7-10-5-12(16)14(13(17)6-10)21-11-8-19-20(4)9-11/h5-6,8-9,18H,7H2,1-4H3. The van der Waals surface area contributed by atoms with Gasteiger partial charge in [-0.15, -0.1) is 0 Å². The summed E-state index contributed by atoms with van der Waals surface area (Å²) < 4.78 is 29.8. The molecule has 0 aliphatic carbocycles. The maximum Gasteiger partial charge on any atom is 0.140 e. The van der Waals surface area contributed by atoms with Crippen molar-refractivity contribution in [2.45, 2.75) is 42.6 Å². The Morgan fingerprint density at radius 3 is 2.33 bits per heavy atom. The monoisotopic (exact) mass is 311 g/mol. The fourth-order valence-corrected chi connectivity index (χ4v) is 2.60. The predicted molar refractivity (Wildman–Crippen MR) is 80.3 cm³/mol. The number of nitrogens with zero attached hydrogens (tertiary/aromatic N) is 2. The summed E-state index contributed by atoms with van der Waals surface area (Å²) in [5.74, 6) is -1.09. The van der Waals surface area contributed by atoms with Gasteiger partial charge in [-0.3, -0.25) is 4.68 Å². The molecule has 6 heteroatoms. The van der Waals surface area contributed by atoms with Crippen molar-refractivity contribution >= 4 is 11.8 Å². The molecule has 0 aliphatic heterocycles. The number of benzene rings is 1. The number of aryl methyl sites for hydroxylation is 1. The summed E-state index contributed by atoms with van der Waals surface area (Å²) in [6, 6.07) is 2.75. The van der Waals surface area contributed by atoms with Crippen molar-refractivity contribution < 1.29 is 8.78 Å². The molecule has 0 saturated carbocycles. The smallest absolute Gasteiger partial charge is 0.140 e. The lowest BCUT2D eigenvalue weighted by molar-refractivity contribution is 0.422. The average molecular weight is 311 g/mol. The van der Waals surface area contributed by atoms with Crippen molar-refractivity contribution in [2.75, 3.05) is 0 Å². The van der Waals surface area contributed by atoms with Gasteiger partial charge in [0.25, 0.3) is 0 Å². The largest absolute Gasteiger partial charge is 0.308 e. The molecule has 0 unspecified atom stereocenters. The maximum absolute atomic E-state index is 14.1. The zero-order valence-electron chi connectivity index (χ0n) is 12.6. The van der Waals surface area contributed by atoms with Gasteiger partial charge < -0.3 is 5.32 Å². The Kier molecular flexibility index (Phi) is 4.68. The summed E-state index contributed by atoms with van der Waals surface area (Å²) in [4.78, 5) is 0.707. The van der Waals surface area contributed by atoms with Gasteiger partial charge in [-0.2, -0.15) is 5.10 Å². The van der Waals surface area contributed by atoms with Crippen LogP contribution >= 0.6 is 11.8 Å². The first kappa shape index (κ1) is 16.0. The van der Waals surface area contributed by atoms with Crippen LogP contribution in [0.15, 0.2) is 34.3 Å². The summed E-state index contributed by atoms with van der Waals surface area (Å²) in [5.41, 5.74) is 0.492. The molecule has 21 heavy (non-hydrogen) atoms. The molecular formula is C15H19F2N3S. The number of aromatic nitrogens is 2. The van der Waals surface area contributed by atoms with E-state index < -0.39 is 11.6 Å². The van der Waals surface area contributed by atoms with Crippen molar-refractivity contribution in [3.63, 3.8) is 0 Å². The highest BCUT2D eigenvalue weighted by Gasteiger charge is 2.15. The van der Waals surface area contributed by atoms with Crippen LogP contribution < -0.4 is 5.32 Å². The molecule has 0 amide bonds. The van der Waals surface area contributed by atoms with Gasteiger partial charge in [-0.25, -0.2) is 8.78 Å². The molecule has 0 atom stereocenters. The van der Waals surface area contributed by atoms with Gasteiger partial charge >= 0.3 is 0 Å². The maximum atomic E-state index is 14.1. The van der Waals surface area contributed by atoms with Crippen LogP contribution in [0.3, 0.4) is 0 Å². The van der Waals surface area contributed by atoms with E-state index in [2.05, 4.69) is 10.4 Å². The van der Waals surface area contributed by atoms with Crippen LogP contribution in [-0.2, 0) is 13.6 Å². The van der Waals surface area contributed by atoms with Gasteiger partial charge in [0.05, 0.1) is 16.0 Å². The minimum absolute atomic E-state index is 0.00232. The zero-order chi connectivity index (χ0) is 15.6. The molecule has 0 aliphatic rings. The van der Waals surface area contributed by atoms with E-state index in [-0.39, 0.29) is 10.4 Å². The van der Waals surface area contributed by atoms with Gasteiger partial charge in [-0.1, -0.05) is 11.8 Å². The Hall–Kier alpha value is -1.40. The topological polar surface area (TPSA) is 29.9 Å².